The summed E-state index contributed by atoms with van der Waals surface area (Å²) < 4.78 is 10.00. The number of nitrogens with zero attached hydrogens (tertiary/aromatic N) is 1. The van der Waals surface area contributed by atoms with Crippen LogP contribution in [0, 0.1) is 0 Å². The number of hydrogen-bond acceptors (Lipinski definition) is 4. The van der Waals surface area contributed by atoms with Gasteiger partial charge < -0.3 is 19.7 Å². The maximum Gasteiger partial charge on any atom is 0.242 e. The first-order valence-corrected chi connectivity index (χ1v) is 7.16. The standard InChI is InChI=1S/C16H24N2O4/c1-12(16(20)17-9-10-21-3)18(13(2)19)11-14-5-7-15(22-4)8-6-14/h5-8,12H,9-11H2,1-4H3,(H,17,20). The maximum atomic E-state index is 12.1. The topological polar surface area (TPSA) is 67.9 Å². The molecule has 0 radical (unpaired) electrons. The van der Waals surface area contributed by atoms with Crippen LogP contribution in [-0.2, 0) is 20.9 Å². The lowest BCUT2D eigenvalue weighted by molar-refractivity contribution is -0.139. The van der Waals surface area contributed by atoms with Crippen LogP contribution in [0.4, 0.5) is 0 Å². The molecule has 1 atom stereocenters. The SMILES string of the molecule is COCCNC(=O)C(C)N(Cc1ccc(OC)cc1)C(C)=O. The minimum Gasteiger partial charge on any atom is -0.497 e. The van der Waals surface area contributed by atoms with Crippen LogP contribution >= 0.6 is 0 Å². The Hall–Kier alpha value is -2.08. The van der Waals surface area contributed by atoms with Crippen molar-refractivity contribution in [2.75, 3.05) is 27.4 Å². The number of carbonyl (C=O) groups excluding carboxylic acids is 2. The van der Waals surface area contributed by atoms with Gasteiger partial charge in [0.25, 0.3) is 0 Å². The fraction of sp³-hybridized carbons (Fsp3) is 0.500. The molecule has 22 heavy (non-hydrogen) atoms. The van der Waals surface area contributed by atoms with E-state index in [1.807, 2.05) is 24.3 Å². The molecule has 0 bridgehead atoms. The number of amides is 2. The van der Waals surface area contributed by atoms with Crippen molar-refractivity contribution in [3.05, 3.63) is 29.8 Å². The van der Waals surface area contributed by atoms with Crippen LogP contribution in [0.5, 0.6) is 5.75 Å². The number of benzene rings is 1. The van der Waals surface area contributed by atoms with Crippen LogP contribution in [0.2, 0.25) is 0 Å². The zero-order valence-corrected chi connectivity index (χ0v) is 13.6. The van der Waals surface area contributed by atoms with Gasteiger partial charge in [0.1, 0.15) is 11.8 Å². The molecule has 0 aromatic heterocycles. The Morgan fingerprint density at radius 2 is 1.86 bits per heavy atom. The predicted molar refractivity (Wildman–Crippen MR) is 83.6 cm³/mol. The van der Waals surface area contributed by atoms with Gasteiger partial charge in [0.2, 0.25) is 11.8 Å². The Bertz CT molecular complexity index is 487. The second kappa shape index (κ2) is 9.04. The Balaban J connectivity index is 2.71. The number of ether oxygens (including phenoxy) is 2. The average molecular weight is 308 g/mol. The van der Waals surface area contributed by atoms with Crippen molar-refractivity contribution in [2.45, 2.75) is 26.4 Å². The summed E-state index contributed by atoms with van der Waals surface area (Å²) in [5, 5.41) is 2.74. The molecule has 0 aliphatic heterocycles. The van der Waals surface area contributed by atoms with Crippen LogP contribution in [-0.4, -0.2) is 50.1 Å². The van der Waals surface area contributed by atoms with Crippen LogP contribution in [0.1, 0.15) is 19.4 Å². The monoisotopic (exact) mass is 308 g/mol. The van der Waals surface area contributed by atoms with E-state index in [9.17, 15) is 9.59 Å². The molecule has 6 nitrogen and oxygen atoms in total. The fourth-order valence-electron chi connectivity index (χ4n) is 2.01. The quantitative estimate of drug-likeness (QED) is 0.733. The lowest BCUT2D eigenvalue weighted by atomic mass is 10.1. The summed E-state index contributed by atoms with van der Waals surface area (Å²) in [7, 11) is 3.17. The van der Waals surface area contributed by atoms with Crippen LogP contribution in [0.15, 0.2) is 24.3 Å². The van der Waals surface area contributed by atoms with Crippen molar-refractivity contribution in [1.82, 2.24) is 10.2 Å². The molecule has 122 valence electrons. The molecule has 0 fully saturated rings. The van der Waals surface area contributed by atoms with Gasteiger partial charge in [0.15, 0.2) is 0 Å². The van der Waals surface area contributed by atoms with Crippen LogP contribution in [0.3, 0.4) is 0 Å². The third-order valence-electron chi connectivity index (χ3n) is 3.37. The Morgan fingerprint density at radius 3 is 2.36 bits per heavy atom. The van der Waals surface area contributed by atoms with E-state index >= 15 is 0 Å². The first-order chi connectivity index (χ1) is 10.5. The van der Waals surface area contributed by atoms with E-state index in [0.29, 0.717) is 19.7 Å². The van der Waals surface area contributed by atoms with Gasteiger partial charge >= 0.3 is 0 Å². The van der Waals surface area contributed by atoms with Crippen molar-refractivity contribution in [3.8, 4) is 5.75 Å². The summed E-state index contributed by atoms with van der Waals surface area (Å²) in [6, 6.07) is 6.87. The summed E-state index contributed by atoms with van der Waals surface area (Å²) in [6.45, 7) is 4.42. The predicted octanol–water partition coefficient (Wildman–Crippen LogP) is 1.19. The molecule has 0 heterocycles. The number of carbonyl (C=O) groups is 2. The summed E-state index contributed by atoms with van der Waals surface area (Å²) in [5.74, 6) is 0.412. The van der Waals surface area contributed by atoms with Crippen LogP contribution < -0.4 is 10.1 Å². The third-order valence-corrected chi connectivity index (χ3v) is 3.37. The number of rotatable bonds is 8. The molecule has 1 aromatic rings. The second-order valence-corrected chi connectivity index (χ2v) is 4.95. The highest BCUT2D eigenvalue weighted by molar-refractivity contribution is 5.86. The minimum atomic E-state index is -0.545. The summed E-state index contributed by atoms with van der Waals surface area (Å²) in [5.41, 5.74) is 0.938. The zero-order valence-electron chi connectivity index (χ0n) is 13.6. The Morgan fingerprint density at radius 1 is 1.23 bits per heavy atom. The molecule has 1 unspecified atom stereocenters. The summed E-state index contributed by atoms with van der Waals surface area (Å²) in [6.07, 6.45) is 0. The summed E-state index contributed by atoms with van der Waals surface area (Å²) >= 11 is 0. The van der Waals surface area contributed by atoms with Gasteiger partial charge in [-0.25, -0.2) is 0 Å². The highest BCUT2D eigenvalue weighted by Crippen LogP contribution is 2.14. The fourth-order valence-corrected chi connectivity index (χ4v) is 2.01. The van der Waals surface area contributed by atoms with Crippen molar-refractivity contribution in [2.24, 2.45) is 0 Å². The van der Waals surface area contributed by atoms with E-state index in [1.165, 1.54) is 11.8 Å². The van der Waals surface area contributed by atoms with Gasteiger partial charge in [-0.3, -0.25) is 9.59 Å². The van der Waals surface area contributed by atoms with Crippen molar-refractivity contribution in [1.29, 1.82) is 0 Å². The van der Waals surface area contributed by atoms with Gasteiger partial charge in [-0.1, -0.05) is 12.1 Å². The Kier molecular flexibility index (Phi) is 7.39. The number of methoxy groups -OCH3 is 2. The van der Waals surface area contributed by atoms with Gasteiger partial charge in [-0.2, -0.15) is 0 Å². The van der Waals surface area contributed by atoms with Gasteiger partial charge in [-0.15, -0.1) is 0 Å². The van der Waals surface area contributed by atoms with E-state index in [0.717, 1.165) is 11.3 Å². The smallest absolute Gasteiger partial charge is 0.242 e. The Labute approximate surface area is 131 Å². The van der Waals surface area contributed by atoms with Gasteiger partial charge in [0, 0.05) is 27.1 Å². The highest BCUT2D eigenvalue weighted by atomic mass is 16.5. The first-order valence-electron chi connectivity index (χ1n) is 7.16. The molecule has 0 spiro atoms. The molecule has 0 saturated carbocycles. The minimum absolute atomic E-state index is 0.148. The maximum absolute atomic E-state index is 12.1. The third kappa shape index (κ3) is 5.37. The van der Waals surface area contributed by atoms with Crippen LogP contribution in [0.25, 0.3) is 0 Å². The van der Waals surface area contributed by atoms with Crippen molar-refractivity contribution >= 4 is 11.8 Å². The highest BCUT2D eigenvalue weighted by Gasteiger charge is 2.23. The van der Waals surface area contributed by atoms with E-state index in [1.54, 1.807) is 21.1 Å². The van der Waals surface area contributed by atoms with E-state index in [-0.39, 0.29) is 11.8 Å². The first kappa shape index (κ1) is 18.0. The summed E-state index contributed by atoms with van der Waals surface area (Å²) in [4.78, 5) is 25.4. The lowest BCUT2D eigenvalue weighted by Crippen LogP contribution is -2.47. The zero-order chi connectivity index (χ0) is 16.5. The van der Waals surface area contributed by atoms with E-state index in [2.05, 4.69) is 5.32 Å². The largest absolute Gasteiger partial charge is 0.497 e. The molecule has 0 aliphatic carbocycles. The number of nitrogens with one attached hydrogen (secondary N) is 1. The average Bonchev–Trinajstić information content (AvgIpc) is 2.52. The molecular weight excluding hydrogens is 284 g/mol. The molecular formula is C16H24N2O4. The normalized spacial score (nSPS) is 11.6. The van der Waals surface area contributed by atoms with Gasteiger partial charge in [-0.05, 0) is 24.6 Å². The second-order valence-electron chi connectivity index (χ2n) is 4.95. The number of hydrogen-bond donors (Lipinski definition) is 1. The molecule has 0 aliphatic rings. The molecule has 6 heteroatoms. The van der Waals surface area contributed by atoms with E-state index < -0.39 is 6.04 Å². The van der Waals surface area contributed by atoms with Gasteiger partial charge in [0.05, 0.1) is 13.7 Å². The molecule has 0 saturated heterocycles. The lowest BCUT2D eigenvalue weighted by Gasteiger charge is -2.27. The molecule has 1 aromatic carbocycles. The van der Waals surface area contributed by atoms with E-state index in [4.69, 9.17) is 9.47 Å². The van der Waals surface area contributed by atoms with Crippen molar-refractivity contribution in [3.63, 3.8) is 0 Å². The molecule has 2 amide bonds. The van der Waals surface area contributed by atoms with Crippen molar-refractivity contribution < 1.29 is 19.1 Å². The molecule has 1 rings (SSSR count). The molecule has 1 N–H and O–H groups in total.